The van der Waals surface area contributed by atoms with Gasteiger partial charge in [-0.15, -0.1) is 11.3 Å². The molecule has 0 N–H and O–H groups in total. The van der Waals surface area contributed by atoms with Gasteiger partial charge < -0.3 is 4.74 Å². The zero-order chi connectivity index (χ0) is 14.7. The molecule has 0 atom stereocenters. The maximum absolute atomic E-state index is 14.5. The molecule has 0 saturated carbocycles. The monoisotopic (exact) mass is 299 g/mol. The van der Waals surface area contributed by atoms with Crippen LogP contribution in [0.15, 0.2) is 60.1 Å². The number of rotatable bonds is 4. The summed E-state index contributed by atoms with van der Waals surface area (Å²) in [5, 5.41) is 1.98. The lowest BCUT2D eigenvalue weighted by Crippen LogP contribution is -1.92. The molecule has 3 rings (SSSR count). The minimum Gasteiger partial charge on any atom is -0.497 e. The van der Waals surface area contributed by atoms with Crippen LogP contribution < -0.4 is 4.74 Å². The highest BCUT2D eigenvalue weighted by atomic mass is 32.1. The molecular formula is C17H14FNOS. The average molecular weight is 299 g/mol. The molecule has 0 amide bonds. The van der Waals surface area contributed by atoms with Gasteiger partial charge in [-0.3, -0.25) is 4.57 Å². The fourth-order valence-electron chi connectivity index (χ4n) is 2.10. The standard InChI is InChI=1S/C17H14FNOS/c1-20-14-8-6-13(7-9-14)12-17(18)19-10-2-4-15(19)16-5-3-11-21-16/h2-12H,1H3/b17-12-. The van der Waals surface area contributed by atoms with Gasteiger partial charge in [-0.1, -0.05) is 18.2 Å². The highest BCUT2D eigenvalue weighted by molar-refractivity contribution is 7.13. The lowest BCUT2D eigenvalue weighted by atomic mass is 10.2. The second-order valence-electron chi connectivity index (χ2n) is 4.48. The summed E-state index contributed by atoms with van der Waals surface area (Å²) >= 11 is 1.59. The zero-order valence-corrected chi connectivity index (χ0v) is 12.3. The van der Waals surface area contributed by atoms with Gasteiger partial charge in [0.15, 0.2) is 5.95 Å². The van der Waals surface area contributed by atoms with E-state index in [9.17, 15) is 4.39 Å². The number of thiophene rings is 1. The molecule has 0 spiro atoms. The quantitative estimate of drug-likeness (QED) is 0.650. The Bertz CT molecular complexity index is 741. The van der Waals surface area contributed by atoms with E-state index in [0.717, 1.165) is 21.9 Å². The van der Waals surface area contributed by atoms with Gasteiger partial charge in [0.05, 0.1) is 17.7 Å². The fourth-order valence-corrected chi connectivity index (χ4v) is 2.85. The molecular weight excluding hydrogens is 285 g/mol. The summed E-state index contributed by atoms with van der Waals surface area (Å²) in [6.45, 7) is 0. The number of hydrogen-bond donors (Lipinski definition) is 0. The van der Waals surface area contributed by atoms with Crippen molar-refractivity contribution in [3.63, 3.8) is 0 Å². The van der Waals surface area contributed by atoms with Crippen LogP contribution >= 0.6 is 11.3 Å². The molecule has 21 heavy (non-hydrogen) atoms. The van der Waals surface area contributed by atoms with Crippen LogP contribution in [0.25, 0.3) is 22.6 Å². The SMILES string of the molecule is COc1ccc(/C=C(/F)n2cccc2-c2cccs2)cc1. The third-order valence-corrected chi connectivity index (χ3v) is 4.05. The maximum Gasteiger partial charge on any atom is 0.198 e. The highest BCUT2D eigenvalue weighted by Gasteiger charge is 2.08. The third kappa shape index (κ3) is 2.90. The number of halogens is 1. The first-order valence-electron chi connectivity index (χ1n) is 6.51. The molecule has 0 aliphatic rings. The molecule has 2 aromatic heterocycles. The summed E-state index contributed by atoms with van der Waals surface area (Å²) in [5.41, 5.74) is 1.64. The number of ether oxygens (including phenoxy) is 1. The molecule has 1 aromatic carbocycles. The van der Waals surface area contributed by atoms with Crippen molar-refractivity contribution in [2.75, 3.05) is 7.11 Å². The highest BCUT2D eigenvalue weighted by Crippen LogP contribution is 2.28. The smallest absolute Gasteiger partial charge is 0.198 e. The summed E-state index contributed by atoms with van der Waals surface area (Å²) < 4.78 is 21.1. The number of hydrogen-bond acceptors (Lipinski definition) is 2. The molecule has 0 unspecified atom stereocenters. The van der Waals surface area contributed by atoms with Gasteiger partial charge in [-0.25, -0.2) is 0 Å². The summed E-state index contributed by atoms with van der Waals surface area (Å²) in [6, 6.07) is 15.0. The molecule has 0 fully saturated rings. The van der Waals surface area contributed by atoms with E-state index in [2.05, 4.69) is 0 Å². The summed E-state index contributed by atoms with van der Waals surface area (Å²) in [5.74, 6) is 0.446. The van der Waals surface area contributed by atoms with Gasteiger partial charge in [0.25, 0.3) is 0 Å². The Morgan fingerprint density at radius 3 is 2.62 bits per heavy atom. The number of aromatic nitrogens is 1. The van der Waals surface area contributed by atoms with Crippen LogP contribution in [-0.2, 0) is 0 Å². The van der Waals surface area contributed by atoms with E-state index in [1.54, 1.807) is 29.2 Å². The summed E-state index contributed by atoms with van der Waals surface area (Å²) in [7, 11) is 1.61. The summed E-state index contributed by atoms with van der Waals surface area (Å²) in [4.78, 5) is 1.04. The minimum absolute atomic E-state index is 0.312. The maximum atomic E-state index is 14.5. The predicted octanol–water partition coefficient (Wildman–Crippen LogP) is 5.15. The number of benzene rings is 1. The van der Waals surface area contributed by atoms with E-state index in [1.165, 1.54) is 6.08 Å². The van der Waals surface area contributed by atoms with Gasteiger partial charge in [0, 0.05) is 6.20 Å². The molecule has 0 aliphatic heterocycles. The molecule has 0 bridgehead atoms. The van der Waals surface area contributed by atoms with Crippen molar-refractivity contribution in [2.24, 2.45) is 0 Å². The van der Waals surface area contributed by atoms with Crippen LogP contribution in [0.1, 0.15) is 5.56 Å². The van der Waals surface area contributed by atoms with E-state index in [4.69, 9.17) is 4.74 Å². The van der Waals surface area contributed by atoms with E-state index in [0.29, 0.717) is 0 Å². The van der Waals surface area contributed by atoms with Crippen molar-refractivity contribution < 1.29 is 9.13 Å². The Balaban J connectivity index is 1.93. The molecule has 3 aromatic rings. The Kier molecular flexibility index (Phi) is 3.88. The number of methoxy groups -OCH3 is 1. The van der Waals surface area contributed by atoms with Crippen LogP contribution in [0.2, 0.25) is 0 Å². The Labute approximate surface area is 126 Å². The van der Waals surface area contributed by atoms with Crippen molar-refractivity contribution in [3.8, 4) is 16.3 Å². The van der Waals surface area contributed by atoms with Crippen LogP contribution in [0.5, 0.6) is 5.75 Å². The van der Waals surface area contributed by atoms with Crippen LogP contribution in [-0.4, -0.2) is 11.7 Å². The van der Waals surface area contributed by atoms with Gasteiger partial charge in [-0.05, 0) is 47.4 Å². The van der Waals surface area contributed by atoms with Crippen molar-refractivity contribution in [3.05, 3.63) is 65.7 Å². The molecule has 106 valence electrons. The average Bonchev–Trinajstić information content (AvgIpc) is 3.18. The second kappa shape index (κ2) is 5.97. The van der Waals surface area contributed by atoms with E-state index < -0.39 is 0 Å². The van der Waals surface area contributed by atoms with Crippen LogP contribution in [0, 0.1) is 0 Å². The normalized spacial score (nSPS) is 11.6. The van der Waals surface area contributed by atoms with Crippen molar-refractivity contribution in [1.82, 2.24) is 4.57 Å². The summed E-state index contributed by atoms with van der Waals surface area (Å²) in [6.07, 6.45) is 3.24. The van der Waals surface area contributed by atoms with E-state index >= 15 is 0 Å². The first-order chi connectivity index (χ1) is 10.3. The Morgan fingerprint density at radius 2 is 1.95 bits per heavy atom. The molecule has 4 heteroatoms. The van der Waals surface area contributed by atoms with Crippen molar-refractivity contribution in [1.29, 1.82) is 0 Å². The lowest BCUT2D eigenvalue weighted by Gasteiger charge is -2.05. The van der Waals surface area contributed by atoms with Gasteiger partial charge in [0.1, 0.15) is 5.75 Å². The van der Waals surface area contributed by atoms with E-state index in [1.807, 2.05) is 53.9 Å². The molecule has 2 heterocycles. The predicted molar refractivity (Wildman–Crippen MR) is 86.0 cm³/mol. The molecule has 0 aliphatic carbocycles. The second-order valence-corrected chi connectivity index (χ2v) is 5.43. The van der Waals surface area contributed by atoms with Crippen molar-refractivity contribution in [2.45, 2.75) is 0 Å². The molecule has 0 radical (unpaired) electrons. The largest absolute Gasteiger partial charge is 0.497 e. The third-order valence-electron chi connectivity index (χ3n) is 3.15. The molecule has 2 nitrogen and oxygen atoms in total. The zero-order valence-electron chi connectivity index (χ0n) is 11.5. The lowest BCUT2D eigenvalue weighted by molar-refractivity contribution is 0.415. The number of nitrogens with zero attached hydrogens (tertiary/aromatic N) is 1. The van der Waals surface area contributed by atoms with Gasteiger partial charge in [-0.2, -0.15) is 4.39 Å². The first kappa shape index (κ1) is 13.6. The Hall–Kier alpha value is -2.33. The first-order valence-corrected chi connectivity index (χ1v) is 7.39. The minimum atomic E-state index is -0.312. The van der Waals surface area contributed by atoms with Crippen molar-refractivity contribution >= 4 is 23.4 Å². The van der Waals surface area contributed by atoms with Crippen LogP contribution in [0.4, 0.5) is 4.39 Å². The Morgan fingerprint density at radius 1 is 1.14 bits per heavy atom. The van der Waals surface area contributed by atoms with Crippen LogP contribution in [0.3, 0.4) is 0 Å². The molecule has 0 saturated heterocycles. The fraction of sp³-hybridized carbons (Fsp3) is 0.0588. The van der Waals surface area contributed by atoms with Gasteiger partial charge in [0.2, 0.25) is 0 Å². The van der Waals surface area contributed by atoms with E-state index in [-0.39, 0.29) is 5.95 Å². The van der Waals surface area contributed by atoms with Gasteiger partial charge >= 0.3 is 0 Å². The topological polar surface area (TPSA) is 14.2 Å².